The van der Waals surface area contributed by atoms with E-state index in [0.29, 0.717) is 0 Å². The standard InChI is InChI=1S/C6H10O2/c1-5-2-3-6(7)4-8-5/h3-7H,2H2,1H3. The minimum absolute atomic E-state index is 0.249. The van der Waals surface area contributed by atoms with Crippen molar-refractivity contribution in [3.05, 3.63) is 13.0 Å². The van der Waals surface area contributed by atoms with Crippen molar-refractivity contribution in [2.45, 2.75) is 25.6 Å². The fraction of sp³-hybridized carbons (Fsp3) is 0.667. The zero-order chi connectivity index (χ0) is 5.98. The number of ether oxygens (including phenoxy) is 1. The molecule has 1 N–H and O–H groups in total. The molecule has 1 saturated heterocycles. The van der Waals surface area contributed by atoms with Crippen LogP contribution < -0.4 is 0 Å². The Morgan fingerprint density at radius 1 is 1.75 bits per heavy atom. The first-order chi connectivity index (χ1) is 3.79. The van der Waals surface area contributed by atoms with Crippen molar-refractivity contribution in [1.29, 1.82) is 0 Å². The number of hydrogen-bond acceptors (Lipinski definition) is 2. The third kappa shape index (κ3) is 1.46. The van der Waals surface area contributed by atoms with Crippen LogP contribution in [0.3, 0.4) is 0 Å². The van der Waals surface area contributed by atoms with Gasteiger partial charge in [0.05, 0.1) is 12.2 Å². The van der Waals surface area contributed by atoms with Crippen LogP contribution in [0.25, 0.3) is 0 Å². The second-order valence-corrected chi connectivity index (χ2v) is 2.04. The molecule has 2 nitrogen and oxygen atoms in total. The minimum Gasteiger partial charge on any atom is -0.390 e. The van der Waals surface area contributed by atoms with Crippen LogP contribution in [0.4, 0.5) is 0 Å². The van der Waals surface area contributed by atoms with Gasteiger partial charge in [-0.3, -0.25) is 0 Å². The molecule has 0 aliphatic carbocycles. The van der Waals surface area contributed by atoms with Crippen molar-refractivity contribution in [2.75, 3.05) is 0 Å². The van der Waals surface area contributed by atoms with Crippen LogP contribution in [0, 0.1) is 13.0 Å². The third-order valence-electron chi connectivity index (χ3n) is 1.16. The lowest BCUT2D eigenvalue weighted by atomic mass is 10.1. The first kappa shape index (κ1) is 6.05. The quantitative estimate of drug-likeness (QED) is 0.497. The maximum atomic E-state index is 8.79. The summed E-state index contributed by atoms with van der Waals surface area (Å²) in [7, 11) is 0. The largest absolute Gasteiger partial charge is 0.390 e. The van der Waals surface area contributed by atoms with Crippen LogP contribution in [0.15, 0.2) is 0 Å². The highest BCUT2D eigenvalue weighted by Crippen LogP contribution is 2.13. The van der Waals surface area contributed by atoms with Crippen molar-refractivity contribution >= 4 is 0 Å². The van der Waals surface area contributed by atoms with E-state index in [4.69, 9.17) is 9.84 Å². The van der Waals surface area contributed by atoms with Crippen LogP contribution in [0.1, 0.15) is 13.3 Å². The third-order valence-corrected chi connectivity index (χ3v) is 1.16. The molecule has 8 heavy (non-hydrogen) atoms. The lowest BCUT2D eigenvalue weighted by molar-refractivity contribution is 0.0305. The molecule has 0 bridgehead atoms. The second-order valence-electron chi connectivity index (χ2n) is 2.04. The van der Waals surface area contributed by atoms with Gasteiger partial charge in [0, 0.05) is 0 Å². The molecule has 2 atom stereocenters. The highest BCUT2D eigenvalue weighted by atomic mass is 16.5. The van der Waals surface area contributed by atoms with Crippen LogP contribution in [0.5, 0.6) is 0 Å². The molecule has 46 valence electrons. The zero-order valence-electron chi connectivity index (χ0n) is 4.87. The number of aliphatic hydroxyl groups excluding tert-OH is 1. The monoisotopic (exact) mass is 114 g/mol. The van der Waals surface area contributed by atoms with Gasteiger partial charge in [0.2, 0.25) is 0 Å². The maximum Gasteiger partial charge on any atom is 0.113 e. The van der Waals surface area contributed by atoms with Crippen LogP contribution in [-0.2, 0) is 4.74 Å². The summed E-state index contributed by atoms with van der Waals surface area (Å²) in [6, 6.07) is 0. The topological polar surface area (TPSA) is 29.5 Å². The Kier molecular flexibility index (Phi) is 1.86. The lowest BCUT2D eigenvalue weighted by Gasteiger charge is -2.21. The van der Waals surface area contributed by atoms with E-state index in [1.807, 2.05) is 13.3 Å². The molecule has 2 radical (unpaired) electrons. The predicted molar refractivity (Wildman–Crippen MR) is 29.8 cm³/mol. The van der Waals surface area contributed by atoms with Gasteiger partial charge < -0.3 is 9.84 Å². The summed E-state index contributed by atoms with van der Waals surface area (Å²) in [5, 5.41) is 8.79. The van der Waals surface area contributed by atoms with Crippen LogP contribution >= 0.6 is 0 Å². The van der Waals surface area contributed by atoms with Crippen molar-refractivity contribution in [3.8, 4) is 0 Å². The van der Waals surface area contributed by atoms with E-state index in [0.717, 1.165) is 6.42 Å². The van der Waals surface area contributed by atoms with E-state index in [2.05, 4.69) is 0 Å². The van der Waals surface area contributed by atoms with Crippen molar-refractivity contribution in [3.63, 3.8) is 0 Å². The number of hydrogen-bond donors (Lipinski definition) is 1. The Labute approximate surface area is 49.5 Å². The van der Waals surface area contributed by atoms with Gasteiger partial charge in [-0.15, -0.1) is 0 Å². The zero-order valence-corrected chi connectivity index (χ0v) is 4.87. The normalized spacial score (nSPS) is 39.8. The Balaban J connectivity index is 2.19. The summed E-state index contributed by atoms with van der Waals surface area (Å²) >= 11 is 0. The first-order valence-electron chi connectivity index (χ1n) is 2.79. The first-order valence-corrected chi connectivity index (χ1v) is 2.79. The fourth-order valence-electron chi connectivity index (χ4n) is 0.657. The summed E-state index contributed by atoms with van der Waals surface area (Å²) in [5.74, 6) is 0. The Morgan fingerprint density at radius 2 is 2.50 bits per heavy atom. The highest BCUT2D eigenvalue weighted by Gasteiger charge is 2.15. The van der Waals surface area contributed by atoms with Gasteiger partial charge in [-0.2, -0.15) is 0 Å². The minimum atomic E-state index is -0.453. The van der Waals surface area contributed by atoms with E-state index >= 15 is 0 Å². The van der Waals surface area contributed by atoms with Crippen molar-refractivity contribution < 1.29 is 9.84 Å². The Hall–Kier alpha value is -0.0800. The predicted octanol–water partition coefficient (Wildman–Crippen LogP) is 0.522. The molecule has 0 aromatic rings. The summed E-state index contributed by atoms with van der Waals surface area (Å²) in [4.78, 5) is 0. The molecule has 2 heteroatoms. The second kappa shape index (κ2) is 2.46. The summed E-state index contributed by atoms with van der Waals surface area (Å²) < 4.78 is 4.98. The highest BCUT2D eigenvalue weighted by molar-refractivity contribution is 4.88. The smallest absolute Gasteiger partial charge is 0.113 e. The fourth-order valence-corrected chi connectivity index (χ4v) is 0.657. The van der Waals surface area contributed by atoms with Gasteiger partial charge >= 0.3 is 0 Å². The van der Waals surface area contributed by atoms with E-state index in [9.17, 15) is 0 Å². The van der Waals surface area contributed by atoms with E-state index < -0.39 is 6.10 Å². The van der Waals surface area contributed by atoms with E-state index in [1.165, 1.54) is 6.61 Å². The average Bonchev–Trinajstić information content (AvgIpc) is 1.77. The van der Waals surface area contributed by atoms with Gasteiger partial charge in [-0.25, -0.2) is 0 Å². The maximum absolute atomic E-state index is 8.79. The lowest BCUT2D eigenvalue weighted by Crippen LogP contribution is -2.23. The summed E-state index contributed by atoms with van der Waals surface area (Å²) in [6.45, 7) is 3.42. The average molecular weight is 114 g/mol. The molecule has 1 rings (SSSR count). The molecule has 1 heterocycles. The molecular weight excluding hydrogens is 104 g/mol. The van der Waals surface area contributed by atoms with Crippen LogP contribution in [-0.4, -0.2) is 17.3 Å². The number of rotatable bonds is 0. The molecule has 1 aliphatic rings. The van der Waals surface area contributed by atoms with Gasteiger partial charge in [0.1, 0.15) is 6.61 Å². The van der Waals surface area contributed by atoms with Crippen molar-refractivity contribution in [1.82, 2.24) is 0 Å². The van der Waals surface area contributed by atoms with Gasteiger partial charge in [-0.05, 0) is 19.8 Å². The van der Waals surface area contributed by atoms with Crippen molar-refractivity contribution in [2.24, 2.45) is 0 Å². The van der Waals surface area contributed by atoms with E-state index in [-0.39, 0.29) is 6.10 Å². The van der Waals surface area contributed by atoms with Gasteiger partial charge in [0.15, 0.2) is 0 Å². The van der Waals surface area contributed by atoms with Crippen LogP contribution in [0.2, 0.25) is 0 Å². The molecule has 0 aromatic carbocycles. The summed E-state index contributed by atoms with van der Waals surface area (Å²) in [6.07, 6.45) is 2.47. The van der Waals surface area contributed by atoms with E-state index in [1.54, 1.807) is 0 Å². The molecule has 1 aliphatic heterocycles. The molecule has 0 spiro atoms. The molecular formula is C6H10O2. The number of aliphatic hydroxyl groups is 1. The van der Waals surface area contributed by atoms with Gasteiger partial charge in [0.25, 0.3) is 0 Å². The SMILES string of the molecule is CC1C[CH]C(O)[CH]O1. The molecule has 0 saturated carbocycles. The van der Waals surface area contributed by atoms with Gasteiger partial charge in [-0.1, -0.05) is 0 Å². The molecule has 1 fully saturated rings. The Bertz CT molecular complexity index is 54.9. The molecule has 0 amide bonds. The Morgan fingerprint density at radius 3 is 2.88 bits per heavy atom. The summed E-state index contributed by atoms with van der Waals surface area (Å²) in [5.41, 5.74) is 0. The molecule has 2 unspecified atom stereocenters. The molecule has 0 aromatic heterocycles.